The molecular formula is C21H25BrFN3O. The maximum absolute atomic E-state index is 13.7. The molecule has 0 amide bonds. The van der Waals surface area contributed by atoms with Crippen LogP contribution in [0.3, 0.4) is 0 Å². The molecule has 2 aromatic rings. The van der Waals surface area contributed by atoms with E-state index in [1.165, 1.54) is 6.07 Å². The summed E-state index contributed by atoms with van der Waals surface area (Å²) < 4.78 is 14.1. The Hall–Kier alpha value is -2.21. The third-order valence-electron chi connectivity index (χ3n) is 4.46. The van der Waals surface area contributed by atoms with E-state index in [1.54, 1.807) is 30.4 Å². The normalized spacial score (nSPS) is 11.1. The minimum atomic E-state index is -0.349. The SMILES string of the molecule is CCN(C)/C=N\c1cc(C)c(C(=O)CN(C)c2ccc(Br)c(F)c2)cc1C. The highest BCUT2D eigenvalue weighted by Gasteiger charge is 2.15. The Morgan fingerprint density at radius 3 is 2.52 bits per heavy atom. The topological polar surface area (TPSA) is 35.9 Å². The first-order valence-electron chi connectivity index (χ1n) is 8.78. The minimum absolute atomic E-state index is 0.0115. The predicted octanol–water partition coefficient (Wildman–Crippen LogP) is 5.14. The van der Waals surface area contributed by atoms with Crippen LogP contribution in [0.5, 0.6) is 0 Å². The molecule has 27 heavy (non-hydrogen) atoms. The van der Waals surface area contributed by atoms with Crippen molar-refractivity contribution in [1.29, 1.82) is 0 Å². The predicted molar refractivity (Wildman–Crippen MR) is 114 cm³/mol. The van der Waals surface area contributed by atoms with Crippen molar-refractivity contribution in [3.8, 4) is 0 Å². The maximum atomic E-state index is 13.7. The number of anilines is 1. The van der Waals surface area contributed by atoms with Crippen LogP contribution in [-0.4, -0.2) is 44.2 Å². The molecule has 0 N–H and O–H groups in total. The van der Waals surface area contributed by atoms with Crippen molar-refractivity contribution >= 4 is 39.4 Å². The molecule has 6 heteroatoms. The zero-order valence-electron chi connectivity index (χ0n) is 16.4. The molecule has 0 heterocycles. The fraction of sp³-hybridized carbons (Fsp3) is 0.333. The lowest BCUT2D eigenvalue weighted by Crippen LogP contribution is -2.26. The molecule has 0 aliphatic heterocycles. The molecule has 0 radical (unpaired) electrons. The zero-order chi connectivity index (χ0) is 20.1. The van der Waals surface area contributed by atoms with Crippen molar-refractivity contribution < 1.29 is 9.18 Å². The van der Waals surface area contributed by atoms with Crippen LogP contribution in [0.15, 0.2) is 39.8 Å². The molecule has 2 rings (SSSR count). The number of nitrogens with zero attached hydrogens (tertiary/aromatic N) is 3. The van der Waals surface area contributed by atoms with Gasteiger partial charge in [-0.25, -0.2) is 9.38 Å². The van der Waals surface area contributed by atoms with Crippen molar-refractivity contribution in [2.75, 3.05) is 32.1 Å². The van der Waals surface area contributed by atoms with Gasteiger partial charge in [-0.15, -0.1) is 0 Å². The van der Waals surface area contributed by atoms with Crippen LogP contribution in [-0.2, 0) is 0 Å². The van der Waals surface area contributed by atoms with Gasteiger partial charge in [-0.2, -0.15) is 0 Å². The lowest BCUT2D eigenvalue weighted by atomic mass is 10.00. The van der Waals surface area contributed by atoms with E-state index in [-0.39, 0.29) is 18.1 Å². The average Bonchev–Trinajstić information content (AvgIpc) is 2.63. The molecule has 0 saturated heterocycles. The van der Waals surface area contributed by atoms with Crippen LogP contribution >= 0.6 is 15.9 Å². The number of halogens is 2. The van der Waals surface area contributed by atoms with Crippen molar-refractivity contribution in [3.63, 3.8) is 0 Å². The number of aliphatic imine (C=N–C) groups is 1. The third-order valence-corrected chi connectivity index (χ3v) is 5.10. The fourth-order valence-corrected chi connectivity index (χ4v) is 2.84. The summed E-state index contributed by atoms with van der Waals surface area (Å²) in [5.41, 5.74) is 4.00. The van der Waals surface area contributed by atoms with Crippen molar-refractivity contribution in [3.05, 3.63) is 57.3 Å². The van der Waals surface area contributed by atoms with Crippen LogP contribution in [0.4, 0.5) is 15.8 Å². The quantitative estimate of drug-likeness (QED) is 0.344. The van der Waals surface area contributed by atoms with Crippen LogP contribution < -0.4 is 4.90 Å². The smallest absolute Gasteiger partial charge is 0.182 e. The molecule has 0 aromatic heterocycles. The van der Waals surface area contributed by atoms with Crippen LogP contribution in [0.2, 0.25) is 0 Å². The summed E-state index contributed by atoms with van der Waals surface area (Å²) in [6.07, 6.45) is 1.79. The molecule has 0 aliphatic carbocycles. The summed E-state index contributed by atoms with van der Waals surface area (Å²) in [6, 6.07) is 8.65. The third kappa shape index (κ3) is 5.39. The molecule has 144 valence electrons. The second kappa shape index (κ2) is 9.13. The molecule has 0 atom stereocenters. The summed E-state index contributed by atoms with van der Waals surface area (Å²) in [7, 11) is 3.74. The molecule has 2 aromatic carbocycles. The number of hydrogen-bond acceptors (Lipinski definition) is 3. The van der Waals surface area contributed by atoms with E-state index in [4.69, 9.17) is 0 Å². The first-order valence-corrected chi connectivity index (χ1v) is 9.57. The van der Waals surface area contributed by atoms with Crippen molar-refractivity contribution in [2.24, 2.45) is 4.99 Å². The largest absolute Gasteiger partial charge is 0.367 e. The Balaban J connectivity index is 2.19. The number of hydrogen-bond donors (Lipinski definition) is 0. The fourth-order valence-electron chi connectivity index (χ4n) is 2.60. The number of carbonyl (C=O) groups excluding carboxylic acids is 1. The Bertz CT molecular complexity index is 867. The highest BCUT2D eigenvalue weighted by Crippen LogP contribution is 2.25. The van der Waals surface area contributed by atoms with Gasteiger partial charge in [0.25, 0.3) is 0 Å². The maximum Gasteiger partial charge on any atom is 0.182 e. The Morgan fingerprint density at radius 1 is 1.19 bits per heavy atom. The number of Topliss-reactive ketones (excluding diaryl/α,β-unsaturated/α-hetero) is 1. The summed E-state index contributed by atoms with van der Waals surface area (Å²) in [5.74, 6) is -0.360. The van der Waals surface area contributed by atoms with Crippen LogP contribution in [0, 0.1) is 19.7 Å². The molecule has 0 saturated carbocycles. The minimum Gasteiger partial charge on any atom is -0.367 e. The molecule has 0 bridgehead atoms. The number of likely N-dealkylation sites (N-methyl/N-ethyl adjacent to an activating group) is 1. The first-order chi connectivity index (χ1) is 12.7. The van der Waals surface area contributed by atoms with Gasteiger partial charge in [0.2, 0.25) is 0 Å². The van der Waals surface area contributed by atoms with E-state index in [0.29, 0.717) is 15.7 Å². The van der Waals surface area contributed by atoms with Gasteiger partial charge in [0.1, 0.15) is 5.82 Å². The Morgan fingerprint density at radius 2 is 1.89 bits per heavy atom. The number of carbonyl (C=O) groups is 1. The number of benzene rings is 2. The highest BCUT2D eigenvalue weighted by atomic mass is 79.9. The molecule has 0 spiro atoms. The standard InChI is InChI=1S/C21H25BrFN3O/c1-6-25(4)13-24-20-10-14(2)17(9-15(20)3)21(27)12-26(5)16-7-8-18(22)19(23)11-16/h7-11,13H,6,12H2,1-5H3/b24-13-. The second-order valence-electron chi connectivity index (χ2n) is 6.65. The van der Waals surface area contributed by atoms with Crippen molar-refractivity contribution in [1.82, 2.24) is 4.90 Å². The Kier molecular flexibility index (Phi) is 7.13. The molecule has 0 aliphatic rings. The summed E-state index contributed by atoms with van der Waals surface area (Å²) in [6.45, 7) is 6.96. The molecule has 0 unspecified atom stereocenters. The van der Waals surface area contributed by atoms with Gasteiger partial charge >= 0.3 is 0 Å². The van der Waals surface area contributed by atoms with E-state index < -0.39 is 0 Å². The van der Waals surface area contributed by atoms with Gasteiger partial charge in [0.15, 0.2) is 5.78 Å². The zero-order valence-corrected chi connectivity index (χ0v) is 18.0. The van der Waals surface area contributed by atoms with E-state index in [1.807, 2.05) is 37.9 Å². The van der Waals surface area contributed by atoms with Gasteiger partial charge in [0, 0.05) is 31.9 Å². The number of rotatable bonds is 7. The van der Waals surface area contributed by atoms with Gasteiger partial charge in [0.05, 0.1) is 23.0 Å². The number of ketones is 1. The highest BCUT2D eigenvalue weighted by molar-refractivity contribution is 9.10. The lowest BCUT2D eigenvalue weighted by Gasteiger charge is -2.19. The first kappa shape index (κ1) is 21.1. The van der Waals surface area contributed by atoms with Crippen LogP contribution in [0.25, 0.3) is 0 Å². The van der Waals surface area contributed by atoms with Crippen LogP contribution in [0.1, 0.15) is 28.4 Å². The van der Waals surface area contributed by atoms with Gasteiger partial charge in [-0.1, -0.05) is 0 Å². The summed E-state index contributed by atoms with van der Waals surface area (Å²) >= 11 is 3.14. The van der Waals surface area contributed by atoms with Gasteiger partial charge in [-0.05, 0) is 78.2 Å². The summed E-state index contributed by atoms with van der Waals surface area (Å²) in [4.78, 5) is 21.0. The van der Waals surface area contributed by atoms with E-state index in [2.05, 4.69) is 27.8 Å². The number of aryl methyl sites for hydroxylation is 2. The van der Waals surface area contributed by atoms with E-state index in [0.717, 1.165) is 23.4 Å². The monoisotopic (exact) mass is 433 g/mol. The molecule has 4 nitrogen and oxygen atoms in total. The second-order valence-corrected chi connectivity index (χ2v) is 7.50. The lowest BCUT2D eigenvalue weighted by molar-refractivity contribution is 0.0999. The van der Waals surface area contributed by atoms with Crippen molar-refractivity contribution in [2.45, 2.75) is 20.8 Å². The van der Waals surface area contributed by atoms with Gasteiger partial charge in [-0.3, -0.25) is 4.79 Å². The van der Waals surface area contributed by atoms with E-state index >= 15 is 0 Å². The summed E-state index contributed by atoms with van der Waals surface area (Å²) in [5, 5.41) is 0. The average molecular weight is 434 g/mol. The molecule has 0 fully saturated rings. The Labute approximate surface area is 168 Å². The van der Waals surface area contributed by atoms with E-state index in [9.17, 15) is 9.18 Å². The molecular weight excluding hydrogens is 409 g/mol. The van der Waals surface area contributed by atoms with Gasteiger partial charge < -0.3 is 9.80 Å².